The summed E-state index contributed by atoms with van der Waals surface area (Å²) < 4.78 is 1.23. The molecular formula is C8H7BrCl2N2S2. The molecule has 15 heavy (non-hydrogen) atoms. The van der Waals surface area contributed by atoms with Crippen molar-refractivity contribution >= 4 is 61.8 Å². The fourth-order valence-corrected chi connectivity index (χ4v) is 2.88. The summed E-state index contributed by atoms with van der Waals surface area (Å²) in [5, 5.41) is 0.845. The van der Waals surface area contributed by atoms with Crippen molar-refractivity contribution < 1.29 is 0 Å². The maximum Gasteiger partial charge on any atom is 0.183 e. The average Bonchev–Trinajstić information content (AvgIpc) is 2.76. The van der Waals surface area contributed by atoms with Gasteiger partial charge in [0.2, 0.25) is 0 Å². The van der Waals surface area contributed by atoms with Gasteiger partial charge in [0.1, 0.15) is 0 Å². The zero-order valence-corrected chi connectivity index (χ0v) is 12.4. The van der Waals surface area contributed by atoms with Gasteiger partial charge in [0.05, 0.1) is 0 Å². The van der Waals surface area contributed by atoms with Crippen LogP contribution in [0.15, 0.2) is 12.4 Å². The van der Waals surface area contributed by atoms with Gasteiger partial charge in [-0.05, 0) is 6.92 Å². The molecule has 0 radical (unpaired) electrons. The van der Waals surface area contributed by atoms with Crippen LogP contribution in [0.25, 0.3) is 0 Å². The number of nitrogens with zero attached hydrogens (tertiary/aromatic N) is 2. The van der Waals surface area contributed by atoms with Crippen LogP contribution < -0.4 is 0 Å². The minimum atomic E-state index is 0.611. The summed E-state index contributed by atoms with van der Waals surface area (Å²) in [5.41, 5.74) is 0. The van der Waals surface area contributed by atoms with E-state index in [1.165, 1.54) is 22.7 Å². The van der Waals surface area contributed by atoms with Crippen molar-refractivity contribution in [2.45, 2.75) is 12.3 Å². The largest absolute Gasteiger partial charge is 0.233 e. The van der Waals surface area contributed by atoms with E-state index in [1.807, 2.05) is 6.92 Å². The standard InChI is InChI=1S/C4H3BrClNS.C4H4ClNS/c5-1-3-2-7-4(6)8-3;1-3-2-6-4(5)7-3/h2H,1H2;2H,1H3. The summed E-state index contributed by atoms with van der Waals surface area (Å²) in [7, 11) is 0. The van der Waals surface area contributed by atoms with Gasteiger partial charge < -0.3 is 0 Å². The SMILES string of the molecule is Cc1cnc(Cl)s1.Clc1ncc(CBr)s1. The van der Waals surface area contributed by atoms with E-state index in [0.717, 1.165) is 15.1 Å². The Balaban J connectivity index is 0.000000151. The molecule has 0 amide bonds. The maximum absolute atomic E-state index is 5.53. The molecule has 0 saturated heterocycles. The molecule has 0 unspecified atom stereocenters. The van der Waals surface area contributed by atoms with Crippen LogP contribution in [0.4, 0.5) is 0 Å². The van der Waals surface area contributed by atoms with Crippen molar-refractivity contribution in [3.05, 3.63) is 31.1 Å². The molecule has 0 bridgehead atoms. The summed E-state index contributed by atoms with van der Waals surface area (Å²) >= 11 is 17.3. The number of rotatable bonds is 1. The Morgan fingerprint density at radius 2 is 1.80 bits per heavy atom. The summed E-state index contributed by atoms with van der Waals surface area (Å²) in [6, 6.07) is 0. The van der Waals surface area contributed by atoms with Gasteiger partial charge in [-0.1, -0.05) is 39.1 Å². The molecule has 2 nitrogen and oxygen atoms in total. The third kappa shape index (κ3) is 5.26. The lowest BCUT2D eigenvalue weighted by Crippen LogP contribution is -1.59. The van der Waals surface area contributed by atoms with Gasteiger partial charge in [0.25, 0.3) is 0 Å². The Morgan fingerprint density at radius 3 is 2.00 bits per heavy atom. The molecule has 0 spiro atoms. The highest BCUT2D eigenvalue weighted by Gasteiger charge is 1.94. The molecule has 2 aromatic rings. The summed E-state index contributed by atoms with van der Waals surface area (Å²) in [5.74, 6) is 0. The van der Waals surface area contributed by atoms with Gasteiger partial charge in [-0.15, -0.1) is 22.7 Å². The summed E-state index contributed by atoms with van der Waals surface area (Å²) in [6.45, 7) is 1.98. The first-order valence-electron chi connectivity index (χ1n) is 3.86. The van der Waals surface area contributed by atoms with E-state index in [9.17, 15) is 0 Å². The van der Waals surface area contributed by atoms with Crippen molar-refractivity contribution in [3.63, 3.8) is 0 Å². The average molecular weight is 346 g/mol. The second-order valence-electron chi connectivity index (χ2n) is 2.44. The second-order valence-corrected chi connectivity index (χ2v) is 6.51. The molecule has 0 aliphatic carbocycles. The highest BCUT2D eigenvalue weighted by Crippen LogP contribution is 2.19. The van der Waals surface area contributed by atoms with Gasteiger partial charge >= 0.3 is 0 Å². The lowest BCUT2D eigenvalue weighted by molar-refractivity contribution is 1.38. The van der Waals surface area contributed by atoms with Crippen molar-refractivity contribution in [2.24, 2.45) is 0 Å². The fraction of sp³-hybridized carbons (Fsp3) is 0.250. The van der Waals surface area contributed by atoms with Gasteiger partial charge in [-0.3, -0.25) is 0 Å². The van der Waals surface area contributed by atoms with E-state index in [1.54, 1.807) is 12.4 Å². The highest BCUT2D eigenvalue weighted by atomic mass is 79.9. The molecule has 82 valence electrons. The number of hydrogen-bond acceptors (Lipinski definition) is 4. The van der Waals surface area contributed by atoms with Crippen LogP contribution in [0.1, 0.15) is 9.75 Å². The molecular weight excluding hydrogens is 339 g/mol. The van der Waals surface area contributed by atoms with Crippen LogP contribution in [-0.4, -0.2) is 9.97 Å². The first-order chi connectivity index (χ1) is 7.11. The predicted octanol–water partition coefficient (Wildman–Crippen LogP) is 4.80. The zero-order valence-electron chi connectivity index (χ0n) is 7.71. The topological polar surface area (TPSA) is 25.8 Å². The summed E-state index contributed by atoms with van der Waals surface area (Å²) in [4.78, 5) is 9.96. The molecule has 0 aliphatic rings. The van der Waals surface area contributed by atoms with E-state index in [4.69, 9.17) is 23.2 Å². The Hall–Kier alpha value is 0.320. The molecule has 7 heteroatoms. The number of aryl methyl sites for hydroxylation is 1. The van der Waals surface area contributed by atoms with E-state index in [2.05, 4.69) is 25.9 Å². The van der Waals surface area contributed by atoms with Gasteiger partial charge in [0.15, 0.2) is 8.93 Å². The number of aromatic nitrogens is 2. The molecule has 2 rings (SSSR count). The van der Waals surface area contributed by atoms with Crippen LogP contribution in [0.2, 0.25) is 8.93 Å². The quantitative estimate of drug-likeness (QED) is 0.694. The van der Waals surface area contributed by atoms with E-state index >= 15 is 0 Å². The van der Waals surface area contributed by atoms with Crippen LogP contribution in [0, 0.1) is 6.92 Å². The van der Waals surface area contributed by atoms with Crippen molar-refractivity contribution in [2.75, 3.05) is 0 Å². The Morgan fingerprint density at radius 1 is 1.20 bits per heavy atom. The third-order valence-electron chi connectivity index (χ3n) is 1.25. The maximum atomic E-state index is 5.53. The number of thiazole rings is 2. The third-order valence-corrected chi connectivity index (χ3v) is 4.37. The second kappa shape index (κ2) is 6.81. The Bertz CT molecular complexity index is 400. The monoisotopic (exact) mass is 344 g/mol. The van der Waals surface area contributed by atoms with Crippen molar-refractivity contribution in [3.8, 4) is 0 Å². The smallest absolute Gasteiger partial charge is 0.183 e. The Labute approximate surface area is 114 Å². The molecule has 0 fully saturated rings. The summed E-state index contributed by atoms with van der Waals surface area (Å²) in [6.07, 6.45) is 3.52. The fourth-order valence-electron chi connectivity index (χ4n) is 0.673. The van der Waals surface area contributed by atoms with E-state index < -0.39 is 0 Å². The van der Waals surface area contributed by atoms with E-state index in [0.29, 0.717) is 8.93 Å². The molecule has 0 N–H and O–H groups in total. The Kier molecular flexibility index (Phi) is 6.07. The molecule has 2 aromatic heterocycles. The highest BCUT2D eigenvalue weighted by molar-refractivity contribution is 9.08. The van der Waals surface area contributed by atoms with Crippen LogP contribution in [0.3, 0.4) is 0 Å². The predicted molar refractivity (Wildman–Crippen MR) is 71.6 cm³/mol. The van der Waals surface area contributed by atoms with Crippen molar-refractivity contribution in [1.29, 1.82) is 0 Å². The minimum Gasteiger partial charge on any atom is -0.233 e. The molecule has 0 aliphatic heterocycles. The van der Waals surface area contributed by atoms with Crippen LogP contribution >= 0.6 is 61.8 Å². The van der Waals surface area contributed by atoms with Crippen molar-refractivity contribution in [1.82, 2.24) is 9.97 Å². The minimum absolute atomic E-state index is 0.611. The van der Waals surface area contributed by atoms with Gasteiger partial charge in [-0.25, -0.2) is 9.97 Å². The van der Waals surface area contributed by atoms with Gasteiger partial charge in [0, 0.05) is 27.5 Å². The number of halogens is 3. The zero-order chi connectivity index (χ0) is 11.3. The molecule has 0 atom stereocenters. The van der Waals surface area contributed by atoms with Crippen LogP contribution in [-0.2, 0) is 5.33 Å². The number of alkyl halides is 1. The first kappa shape index (κ1) is 13.4. The lowest BCUT2D eigenvalue weighted by atomic mass is 10.7. The van der Waals surface area contributed by atoms with E-state index in [-0.39, 0.29) is 0 Å². The molecule has 2 heterocycles. The first-order valence-corrected chi connectivity index (χ1v) is 7.37. The number of hydrogen-bond donors (Lipinski definition) is 0. The van der Waals surface area contributed by atoms with Gasteiger partial charge in [-0.2, -0.15) is 0 Å². The molecule has 0 aromatic carbocycles. The molecule has 0 saturated carbocycles. The van der Waals surface area contributed by atoms with Crippen LogP contribution in [0.5, 0.6) is 0 Å². The lowest BCUT2D eigenvalue weighted by Gasteiger charge is -1.75. The normalized spacial score (nSPS) is 9.60.